The van der Waals surface area contributed by atoms with Crippen LogP contribution in [-0.4, -0.2) is 69.3 Å². The summed E-state index contributed by atoms with van der Waals surface area (Å²) in [5, 5.41) is 5.79. The second-order valence-corrected chi connectivity index (χ2v) is 11.1. The Balaban J connectivity index is 1.56. The van der Waals surface area contributed by atoms with Crippen LogP contribution in [0.2, 0.25) is 0 Å². The van der Waals surface area contributed by atoms with Crippen molar-refractivity contribution in [3.8, 4) is 0 Å². The van der Waals surface area contributed by atoms with E-state index in [1.807, 2.05) is 0 Å². The molecule has 2 N–H and O–H groups in total. The average Bonchev–Trinajstić information content (AvgIpc) is 3.51. The lowest BCUT2D eigenvalue weighted by molar-refractivity contribution is 0.0962. The van der Waals surface area contributed by atoms with Gasteiger partial charge in [-0.2, -0.15) is 4.31 Å². The lowest BCUT2D eigenvalue weighted by Crippen LogP contribution is -2.35. The molecule has 34 heavy (non-hydrogen) atoms. The zero-order valence-electron chi connectivity index (χ0n) is 18.9. The maximum absolute atomic E-state index is 12.9. The first-order chi connectivity index (χ1) is 16.3. The molecule has 1 fully saturated rings. The SMILES string of the molecule is CNC(=O)c1c(NC(=O)c2ccc(S(=O)(=O)N3CCCC3)cc2)sc2c1CCN(C(=O)OC)C2. The molecule has 2 aliphatic heterocycles. The van der Waals surface area contributed by atoms with Gasteiger partial charge in [-0.25, -0.2) is 13.2 Å². The number of fused-ring (bicyclic) bond motifs is 1. The van der Waals surface area contributed by atoms with Crippen LogP contribution in [0.4, 0.5) is 9.80 Å². The fraction of sp³-hybridized carbons (Fsp3) is 0.409. The van der Waals surface area contributed by atoms with Crippen molar-refractivity contribution < 1.29 is 27.5 Å². The second-order valence-electron chi connectivity index (χ2n) is 8.02. The Kier molecular flexibility index (Phi) is 6.91. The molecule has 0 atom stereocenters. The molecule has 0 aliphatic carbocycles. The minimum atomic E-state index is -3.57. The predicted octanol–water partition coefficient (Wildman–Crippen LogP) is 2.27. The molecule has 182 valence electrons. The third-order valence-corrected chi connectivity index (χ3v) is 9.04. The maximum atomic E-state index is 12.9. The number of benzene rings is 1. The Morgan fingerprint density at radius 2 is 1.71 bits per heavy atom. The Bertz CT molecular complexity index is 1220. The van der Waals surface area contributed by atoms with Crippen LogP contribution in [0.25, 0.3) is 0 Å². The van der Waals surface area contributed by atoms with Crippen molar-refractivity contribution >= 4 is 44.3 Å². The van der Waals surface area contributed by atoms with Gasteiger partial charge in [-0.3, -0.25) is 9.59 Å². The van der Waals surface area contributed by atoms with E-state index in [1.165, 1.54) is 59.0 Å². The maximum Gasteiger partial charge on any atom is 0.409 e. The highest BCUT2D eigenvalue weighted by molar-refractivity contribution is 7.89. The molecule has 1 aromatic carbocycles. The van der Waals surface area contributed by atoms with E-state index >= 15 is 0 Å². The van der Waals surface area contributed by atoms with E-state index in [9.17, 15) is 22.8 Å². The summed E-state index contributed by atoms with van der Waals surface area (Å²) in [6.45, 7) is 1.70. The molecular weight excluding hydrogens is 480 g/mol. The zero-order valence-corrected chi connectivity index (χ0v) is 20.6. The molecule has 3 amide bonds. The normalized spacial score (nSPS) is 16.1. The Morgan fingerprint density at radius 1 is 1.03 bits per heavy atom. The summed E-state index contributed by atoms with van der Waals surface area (Å²) in [5.74, 6) is -0.787. The molecule has 12 heteroatoms. The molecular formula is C22H26N4O6S2. The van der Waals surface area contributed by atoms with Crippen molar-refractivity contribution in [2.75, 3.05) is 39.1 Å². The monoisotopic (exact) mass is 506 g/mol. The molecule has 0 radical (unpaired) electrons. The first-order valence-corrected chi connectivity index (χ1v) is 13.1. The second kappa shape index (κ2) is 9.72. The molecule has 2 aliphatic rings. The molecule has 1 aromatic heterocycles. The van der Waals surface area contributed by atoms with Gasteiger partial charge in [0.2, 0.25) is 10.0 Å². The summed E-state index contributed by atoms with van der Waals surface area (Å²) in [6, 6.07) is 5.78. The number of carbonyl (C=O) groups is 3. The fourth-order valence-corrected chi connectivity index (χ4v) is 6.95. The molecule has 0 saturated carbocycles. The number of hydrogen-bond donors (Lipinski definition) is 2. The molecule has 3 heterocycles. The highest BCUT2D eigenvalue weighted by Crippen LogP contribution is 2.37. The van der Waals surface area contributed by atoms with Crippen LogP contribution in [0.5, 0.6) is 0 Å². The van der Waals surface area contributed by atoms with Gasteiger partial charge in [0.05, 0.1) is 24.1 Å². The first kappa shape index (κ1) is 24.2. The summed E-state index contributed by atoms with van der Waals surface area (Å²) in [6.07, 6.45) is 1.70. The number of carbonyl (C=O) groups excluding carboxylic acids is 3. The van der Waals surface area contributed by atoms with Crippen molar-refractivity contribution in [2.45, 2.75) is 30.7 Å². The topological polar surface area (TPSA) is 125 Å². The Morgan fingerprint density at radius 3 is 2.32 bits per heavy atom. The zero-order chi connectivity index (χ0) is 24.5. The van der Waals surface area contributed by atoms with Crippen LogP contribution in [0.15, 0.2) is 29.2 Å². The number of nitrogens with one attached hydrogen (secondary N) is 2. The minimum Gasteiger partial charge on any atom is -0.453 e. The summed E-state index contributed by atoms with van der Waals surface area (Å²) in [5.41, 5.74) is 1.45. The largest absolute Gasteiger partial charge is 0.453 e. The van der Waals surface area contributed by atoms with Gasteiger partial charge >= 0.3 is 6.09 Å². The van der Waals surface area contributed by atoms with E-state index in [-0.39, 0.29) is 22.9 Å². The van der Waals surface area contributed by atoms with E-state index in [0.29, 0.717) is 36.6 Å². The lowest BCUT2D eigenvalue weighted by atomic mass is 10.0. The standard InChI is InChI=1S/C22H26N4O6S2/c1-23-20(28)18-16-9-12-25(22(29)32-2)13-17(16)33-21(18)24-19(27)14-5-7-15(8-6-14)34(30,31)26-10-3-4-11-26/h5-8H,3-4,9-13H2,1-2H3,(H,23,28)(H,24,27). The molecule has 2 aromatic rings. The van der Waals surface area contributed by atoms with Gasteiger partial charge in [-0.05, 0) is 49.1 Å². The van der Waals surface area contributed by atoms with Crippen LogP contribution >= 0.6 is 11.3 Å². The van der Waals surface area contributed by atoms with Crippen LogP contribution in [0.3, 0.4) is 0 Å². The summed E-state index contributed by atoms with van der Waals surface area (Å²) in [4.78, 5) is 40.0. The van der Waals surface area contributed by atoms with E-state index < -0.39 is 22.0 Å². The molecule has 10 nitrogen and oxygen atoms in total. The minimum absolute atomic E-state index is 0.145. The van der Waals surface area contributed by atoms with E-state index in [0.717, 1.165) is 23.3 Å². The molecule has 0 spiro atoms. The van der Waals surface area contributed by atoms with E-state index in [1.54, 1.807) is 0 Å². The van der Waals surface area contributed by atoms with Crippen LogP contribution in [0, 0.1) is 0 Å². The quantitative estimate of drug-likeness (QED) is 0.641. The number of thiophene rings is 1. The van der Waals surface area contributed by atoms with Crippen molar-refractivity contribution in [3.05, 3.63) is 45.8 Å². The van der Waals surface area contributed by atoms with Gasteiger partial charge in [0.1, 0.15) is 5.00 Å². The lowest BCUT2D eigenvalue weighted by Gasteiger charge is -2.25. The van der Waals surface area contributed by atoms with Gasteiger partial charge in [0.25, 0.3) is 11.8 Å². The third-order valence-electron chi connectivity index (χ3n) is 5.99. The summed E-state index contributed by atoms with van der Waals surface area (Å²) >= 11 is 1.24. The summed E-state index contributed by atoms with van der Waals surface area (Å²) < 4.78 is 31.7. The van der Waals surface area contributed by atoms with Crippen molar-refractivity contribution in [1.29, 1.82) is 0 Å². The number of ether oxygens (including phenoxy) is 1. The highest BCUT2D eigenvalue weighted by Gasteiger charge is 2.31. The van der Waals surface area contributed by atoms with Gasteiger partial charge < -0.3 is 20.3 Å². The predicted molar refractivity (Wildman–Crippen MR) is 127 cm³/mol. The molecule has 4 rings (SSSR count). The highest BCUT2D eigenvalue weighted by atomic mass is 32.2. The van der Waals surface area contributed by atoms with Crippen LogP contribution in [0.1, 0.15) is 44.0 Å². The fourth-order valence-electron chi connectivity index (χ4n) is 4.17. The van der Waals surface area contributed by atoms with E-state index in [2.05, 4.69) is 10.6 Å². The Hall–Kier alpha value is -2.96. The molecule has 0 bridgehead atoms. The number of nitrogens with zero attached hydrogens (tertiary/aromatic N) is 2. The molecule has 0 unspecified atom stereocenters. The van der Waals surface area contributed by atoms with Crippen molar-refractivity contribution in [3.63, 3.8) is 0 Å². The van der Waals surface area contributed by atoms with Gasteiger partial charge in [-0.1, -0.05) is 0 Å². The number of hydrogen-bond acceptors (Lipinski definition) is 7. The smallest absolute Gasteiger partial charge is 0.409 e. The van der Waals surface area contributed by atoms with Gasteiger partial charge in [0.15, 0.2) is 0 Å². The van der Waals surface area contributed by atoms with Crippen molar-refractivity contribution in [1.82, 2.24) is 14.5 Å². The average molecular weight is 507 g/mol. The van der Waals surface area contributed by atoms with Gasteiger partial charge in [0, 0.05) is 37.1 Å². The Labute approximate surface area is 201 Å². The van der Waals surface area contributed by atoms with E-state index in [4.69, 9.17) is 4.74 Å². The number of anilines is 1. The van der Waals surface area contributed by atoms with Crippen LogP contribution in [-0.2, 0) is 27.7 Å². The third kappa shape index (κ3) is 4.52. The van der Waals surface area contributed by atoms with Gasteiger partial charge in [-0.15, -0.1) is 11.3 Å². The number of methoxy groups -OCH3 is 1. The molecule has 1 saturated heterocycles. The number of rotatable bonds is 5. The number of amides is 3. The van der Waals surface area contributed by atoms with Crippen molar-refractivity contribution in [2.24, 2.45) is 0 Å². The first-order valence-electron chi connectivity index (χ1n) is 10.9. The van der Waals surface area contributed by atoms with Crippen LogP contribution < -0.4 is 10.6 Å². The summed E-state index contributed by atoms with van der Waals surface area (Å²) in [7, 11) is -0.740. The number of sulfonamides is 1.